The number of nitrogens with one attached hydrogen (secondary N) is 1. The fraction of sp³-hybridized carbons (Fsp3) is 0.533. The Balaban J connectivity index is 1.67. The van der Waals surface area contributed by atoms with Crippen LogP contribution in [0.2, 0.25) is 0 Å². The maximum Gasteiger partial charge on any atom is 0.175 e. The SMILES string of the molecule is OC12NC(=S)N(c3ccccc3)CC1N1CCC2CC1. The van der Waals surface area contributed by atoms with Crippen LogP contribution in [0.15, 0.2) is 30.3 Å². The minimum atomic E-state index is -0.834. The summed E-state index contributed by atoms with van der Waals surface area (Å²) in [7, 11) is 0. The minimum absolute atomic E-state index is 0.127. The van der Waals surface area contributed by atoms with Gasteiger partial charge in [0.15, 0.2) is 10.8 Å². The van der Waals surface area contributed by atoms with Crippen molar-refractivity contribution >= 4 is 23.0 Å². The van der Waals surface area contributed by atoms with Crippen LogP contribution in [0, 0.1) is 5.92 Å². The molecule has 4 heterocycles. The lowest BCUT2D eigenvalue weighted by Crippen LogP contribution is -2.79. The molecule has 4 fully saturated rings. The zero-order chi connectivity index (χ0) is 13.7. The van der Waals surface area contributed by atoms with Gasteiger partial charge in [0.05, 0.1) is 6.04 Å². The van der Waals surface area contributed by atoms with Crippen LogP contribution in [0.3, 0.4) is 0 Å². The number of hydrogen-bond acceptors (Lipinski definition) is 3. The van der Waals surface area contributed by atoms with E-state index < -0.39 is 5.72 Å². The molecule has 2 N–H and O–H groups in total. The molecule has 1 aromatic rings. The minimum Gasteiger partial charge on any atom is -0.369 e. The Morgan fingerprint density at radius 3 is 2.60 bits per heavy atom. The van der Waals surface area contributed by atoms with Crippen molar-refractivity contribution in [2.24, 2.45) is 5.92 Å². The molecule has 2 atom stereocenters. The first kappa shape index (κ1) is 12.6. The Kier molecular flexibility index (Phi) is 2.77. The maximum absolute atomic E-state index is 11.0. The van der Waals surface area contributed by atoms with Crippen molar-refractivity contribution in [3.63, 3.8) is 0 Å². The highest BCUT2D eigenvalue weighted by Gasteiger charge is 2.56. The van der Waals surface area contributed by atoms with Crippen molar-refractivity contribution in [2.75, 3.05) is 24.5 Å². The van der Waals surface area contributed by atoms with Crippen LogP contribution >= 0.6 is 12.2 Å². The number of fused-ring (bicyclic) bond motifs is 2. The van der Waals surface area contributed by atoms with Gasteiger partial charge in [-0.05, 0) is 50.3 Å². The lowest BCUT2D eigenvalue weighted by atomic mass is 9.74. The van der Waals surface area contributed by atoms with E-state index in [0.29, 0.717) is 11.0 Å². The van der Waals surface area contributed by atoms with E-state index in [9.17, 15) is 5.11 Å². The molecule has 0 aliphatic carbocycles. The van der Waals surface area contributed by atoms with Crippen LogP contribution in [0.1, 0.15) is 12.8 Å². The van der Waals surface area contributed by atoms with Crippen molar-refractivity contribution in [2.45, 2.75) is 24.6 Å². The Morgan fingerprint density at radius 1 is 1.20 bits per heavy atom. The molecular formula is C15H19N3OS. The van der Waals surface area contributed by atoms with Gasteiger partial charge in [-0.2, -0.15) is 0 Å². The predicted molar refractivity (Wildman–Crippen MR) is 82.6 cm³/mol. The molecule has 4 saturated heterocycles. The third-order valence-electron chi connectivity index (χ3n) is 5.08. The van der Waals surface area contributed by atoms with Gasteiger partial charge in [0.2, 0.25) is 0 Å². The molecule has 106 valence electrons. The molecule has 4 aliphatic rings. The highest BCUT2D eigenvalue weighted by molar-refractivity contribution is 7.80. The molecule has 0 aromatic heterocycles. The van der Waals surface area contributed by atoms with E-state index in [1.807, 2.05) is 18.2 Å². The number of aliphatic hydroxyl groups is 1. The van der Waals surface area contributed by atoms with Crippen LogP contribution in [-0.4, -0.2) is 46.5 Å². The zero-order valence-electron chi connectivity index (χ0n) is 11.3. The summed E-state index contributed by atoms with van der Waals surface area (Å²) in [6.45, 7) is 2.95. The van der Waals surface area contributed by atoms with Crippen molar-refractivity contribution in [3.8, 4) is 0 Å². The number of thiocarbonyl (C=S) groups is 1. The highest BCUT2D eigenvalue weighted by atomic mass is 32.1. The topological polar surface area (TPSA) is 38.7 Å². The summed E-state index contributed by atoms with van der Waals surface area (Å²) in [5.41, 5.74) is 0.258. The summed E-state index contributed by atoms with van der Waals surface area (Å²) in [6, 6.07) is 10.3. The Bertz CT molecular complexity index is 529. The monoisotopic (exact) mass is 289 g/mol. The molecule has 5 heteroatoms. The van der Waals surface area contributed by atoms with E-state index in [0.717, 1.165) is 38.2 Å². The van der Waals surface area contributed by atoms with E-state index in [1.165, 1.54) is 0 Å². The third-order valence-corrected chi connectivity index (χ3v) is 5.40. The van der Waals surface area contributed by atoms with Gasteiger partial charge >= 0.3 is 0 Å². The zero-order valence-corrected chi connectivity index (χ0v) is 12.1. The van der Waals surface area contributed by atoms with Crippen molar-refractivity contribution < 1.29 is 5.11 Å². The lowest BCUT2D eigenvalue weighted by molar-refractivity contribution is -0.165. The van der Waals surface area contributed by atoms with E-state index >= 15 is 0 Å². The van der Waals surface area contributed by atoms with E-state index in [2.05, 4.69) is 27.2 Å². The second-order valence-electron chi connectivity index (χ2n) is 6.03. The Hall–Kier alpha value is -1.17. The van der Waals surface area contributed by atoms with Gasteiger partial charge in [-0.25, -0.2) is 0 Å². The second kappa shape index (κ2) is 4.41. The molecule has 4 aliphatic heterocycles. The molecule has 0 radical (unpaired) electrons. The average Bonchev–Trinajstić information content (AvgIpc) is 2.48. The molecular weight excluding hydrogens is 270 g/mol. The second-order valence-corrected chi connectivity index (χ2v) is 6.41. The average molecular weight is 289 g/mol. The number of rotatable bonds is 1. The summed E-state index contributed by atoms with van der Waals surface area (Å²) < 4.78 is 0. The fourth-order valence-corrected chi connectivity index (χ4v) is 4.31. The van der Waals surface area contributed by atoms with Gasteiger partial charge in [-0.15, -0.1) is 0 Å². The van der Waals surface area contributed by atoms with Crippen LogP contribution in [0.4, 0.5) is 5.69 Å². The summed E-state index contributed by atoms with van der Waals surface area (Å²) in [5.74, 6) is 0.327. The van der Waals surface area contributed by atoms with Crippen molar-refractivity contribution in [3.05, 3.63) is 30.3 Å². The lowest BCUT2D eigenvalue weighted by Gasteiger charge is -2.60. The van der Waals surface area contributed by atoms with Crippen molar-refractivity contribution in [1.29, 1.82) is 0 Å². The number of nitrogens with zero attached hydrogens (tertiary/aromatic N) is 2. The molecule has 0 spiro atoms. The van der Waals surface area contributed by atoms with Gasteiger partial charge in [0.1, 0.15) is 0 Å². The van der Waals surface area contributed by atoms with Crippen molar-refractivity contribution in [1.82, 2.24) is 10.2 Å². The fourth-order valence-electron chi connectivity index (χ4n) is 3.97. The molecule has 1 aromatic carbocycles. The van der Waals surface area contributed by atoms with Crippen LogP contribution in [-0.2, 0) is 0 Å². The first-order valence-electron chi connectivity index (χ1n) is 7.29. The number of hydrogen-bond donors (Lipinski definition) is 2. The quantitative estimate of drug-likeness (QED) is 0.759. The number of piperidine rings is 3. The molecule has 5 rings (SSSR count). The highest BCUT2D eigenvalue weighted by Crippen LogP contribution is 2.41. The molecule has 0 amide bonds. The largest absolute Gasteiger partial charge is 0.369 e. The van der Waals surface area contributed by atoms with Crippen LogP contribution in [0.5, 0.6) is 0 Å². The molecule has 2 bridgehead atoms. The third kappa shape index (κ3) is 1.70. The first-order valence-corrected chi connectivity index (χ1v) is 7.70. The molecule has 2 unspecified atom stereocenters. The summed E-state index contributed by atoms with van der Waals surface area (Å²) in [5, 5.41) is 14.9. The summed E-state index contributed by atoms with van der Waals surface area (Å²) in [4.78, 5) is 4.51. The van der Waals surface area contributed by atoms with E-state index in [-0.39, 0.29) is 6.04 Å². The van der Waals surface area contributed by atoms with Gasteiger partial charge in [0, 0.05) is 18.2 Å². The van der Waals surface area contributed by atoms with Gasteiger partial charge in [-0.3, -0.25) is 4.90 Å². The summed E-state index contributed by atoms with van der Waals surface area (Å²) in [6.07, 6.45) is 2.13. The van der Waals surface area contributed by atoms with E-state index in [1.54, 1.807) is 0 Å². The Labute approximate surface area is 124 Å². The summed E-state index contributed by atoms with van der Waals surface area (Å²) >= 11 is 5.50. The van der Waals surface area contributed by atoms with Crippen LogP contribution < -0.4 is 10.2 Å². The molecule has 4 nitrogen and oxygen atoms in total. The first-order chi connectivity index (χ1) is 9.68. The number of para-hydroxylation sites is 1. The number of benzene rings is 1. The van der Waals surface area contributed by atoms with Gasteiger partial charge in [-0.1, -0.05) is 18.2 Å². The van der Waals surface area contributed by atoms with Crippen LogP contribution in [0.25, 0.3) is 0 Å². The molecule has 0 saturated carbocycles. The normalized spacial score (nSPS) is 39.4. The Morgan fingerprint density at radius 2 is 1.90 bits per heavy atom. The smallest absolute Gasteiger partial charge is 0.175 e. The maximum atomic E-state index is 11.0. The van der Waals surface area contributed by atoms with Gasteiger partial charge < -0.3 is 15.3 Å². The standard InChI is InChI=1S/C15H19N3OS/c19-15-11-6-8-17(9-7-11)13(15)10-18(14(20)16-15)12-4-2-1-3-5-12/h1-5,11,13,19H,6-10H2,(H,16,20). The molecule has 20 heavy (non-hydrogen) atoms. The predicted octanol–water partition coefficient (Wildman–Crippen LogP) is 1.16. The number of anilines is 1. The van der Waals surface area contributed by atoms with E-state index in [4.69, 9.17) is 12.2 Å². The van der Waals surface area contributed by atoms with Gasteiger partial charge in [0.25, 0.3) is 0 Å².